The minimum atomic E-state index is -0.0243. The zero-order valence-electron chi connectivity index (χ0n) is 16.3. The molecule has 1 aromatic carbocycles. The van der Waals surface area contributed by atoms with Crippen LogP contribution in [0.2, 0.25) is 0 Å². The number of aromatic nitrogens is 2. The van der Waals surface area contributed by atoms with Crippen molar-refractivity contribution in [2.45, 2.75) is 18.8 Å². The third kappa shape index (κ3) is 4.27. The summed E-state index contributed by atoms with van der Waals surface area (Å²) < 4.78 is 11.1. The van der Waals surface area contributed by atoms with Crippen LogP contribution in [0.5, 0.6) is 11.5 Å². The van der Waals surface area contributed by atoms with Crippen molar-refractivity contribution >= 4 is 17.4 Å². The van der Waals surface area contributed by atoms with Crippen LogP contribution >= 0.6 is 0 Å². The monoisotopic (exact) mass is 395 g/mol. The van der Waals surface area contributed by atoms with Crippen molar-refractivity contribution in [2.75, 3.05) is 56.2 Å². The summed E-state index contributed by atoms with van der Waals surface area (Å²) in [7, 11) is 0. The number of rotatable bonds is 5. The first-order valence-corrected chi connectivity index (χ1v) is 10.2. The zero-order valence-corrected chi connectivity index (χ0v) is 16.3. The van der Waals surface area contributed by atoms with Gasteiger partial charge < -0.3 is 19.7 Å². The number of piperazine rings is 1. The molecule has 1 saturated carbocycles. The fraction of sp³-hybridized carbons (Fsp3) is 0.476. The van der Waals surface area contributed by atoms with Crippen LogP contribution in [-0.2, 0) is 4.79 Å². The average Bonchev–Trinajstić information content (AvgIpc) is 3.60. The third-order valence-electron chi connectivity index (χ3n) is 5.56. The molecule has 152 valence electrons. The molecule has 8 nitrogen and oxygen atoms in total. The van der Waals surface area contributed by atoms with E-state index in [0.29, 0.717) is 31.4 Å². The molecule has 1 N–H and O–H groups in total. The molecule has 5 rings (SSSR count). The Morgan fingerprint density at radius 1 is 1.00 bits per heavy atom. The van der Waals surface area contributed by atoms with Gasteiger partial charge in [0.25, 0.3) is 0 Å². The Balaban J connectivity index is 1.11. The first-order valence-electron chi connectivity index (χ1n) is 10.2. The van der Waals surface area contributed by atoms with Crippen molar-refractivity contribution in [3.8, 4) is 11.5 Å². The highest BCUT2D eigenvalue weighted by Gasteiger charge is 2.26. The fourth-order valence-corrected chi connectivity index (χ4v) is 3.76. The molecule has 0 bridgehead atoms. The summed E-state index contributed by atoms with van der Waals surface area (Å²) in [5.74, 6) is 2.93. The predicted octanol–water partition coefficient (Wildman–Crippen LogP) is 1.89. The normalized spacial score (nSPS) is 19.1. The van der Waals surface area contributed by atoms with Gasteiger partial charge in [-0.05, 0) is 37.1 Å². The molecule has 0 spiro atoms. The minimum Gasteiger partial charge on any atom is -0.486 e. The molecular formula is C21H25N5O3. The van der Waals surface area contributed by atoms with Gasteiger partial charge in [0.05, 0.1) is 12.2 Å². The minimum absolute atomic E-state index is 0.0243. The van der Waals surface area contributed by atoms with Crippen molar-refractivity contribution in [3.05, 3.63) is 36.0 Å². The molecule has 1 aromatic heterocycles. The number of amides is 1. The lowest BCUT2D eigenvalue weighted by atomic mass is 10.2. The van der Waals surface area contributed by atoms with Crippen LogP contribution in [0.3, 0.4) is 0 Å². The summed E-state index contributed by atoms with van der Waals surface area (Å²) in [6.45, 7) is 4.78. The number of hydrogen-bond acceptors (Lipinski definition) is 7. The van der Waals surface area contributed by atoms with Crippen molar-refractivity contribution < 1.29 is 14.3 Å². The largest absolute Gasteiger partial charge is 0.486 e. The smallest absolute Gasteiger partial charge is 0.238 e. The molecule has 1 saturated heterocycles. The Morgan fingerprint density at radius 3 is 2.52 bits per heavy atom. The van der Waals surface area contributed by atoms with E-state index < -0.39 is 0 Å². The summed E-state index contributed by atoms with van der Waals surface area (Å²) in [5, 5.41) is 11.7. The highest BCUT2D eigenvalue weighted by molar-refractivity contribution is 5.92. The van der Waals surface area contributed by atoms with Gasteiger partial charge in [0, 0.05) is 43.9 Å². The molecule has 3 aliphatic rings. The Morgan fingerprint density at radius 2 is 1.79 bits per heavy atom. The number of carbonyl (C=O) groups is 1. The van der Waals surface area contributed by atoms with Gasteiger partial charge in [0.15, 0.2) is 17.3 Å². The van der Waals surface area contributed by atoms with Crippen molar-refractivity contribution in [3.63, 3.8) is 0 Å². The Kier molecular flexibility index (Phi) is 4.93. The van der Waals surface area contributed by atoms with E-state index in [9.17, 15) is 4.79 Å². The Bertz CT molecular complexity index is 876. The second-order valence-corrected chi connectivity index (χ2v) is 7.76. The molecule has 0 radical (unpaired) electrons. The molecule has 0 unspecified atom stereocenters. The van der Waals surface area contributed by atoms with E-state index in [-0.39, 0.29) is 5.91 Å². The topological polar surface area (TPSA) is 79.8 Å². The lowest BCUT2D eigenvalue weighted by Crippen LogP contribution is -2.49. The maximum atomic E-state index is 12.4. The number of ether oxygens (including phenoxy) is 2. The number of carbonyl (C=O) groups excluding carboxylic acids is 1. The molecule has 3 heterocycles. The molecule has 29 heavy (non-hydrogen) atoms. The molecule has 1 amide bonds. The van der Waals surface area contributed by atoms with Crippen LogP contribution in [0.15, 0.2) is 30.3 Å². The van der Waals surface area contributed by atoms with Crippen molar-refractivity contribution in [2.24, 2.45) is 0 Å². The molecular weight excluding hydrogens is 370 g/mol. The van der Waals surface area contributed by atoms with E-state index in [1.165, 1.54) is 12.8 Å². The van der Waals surface area contributed by atoms with Gasteiger partial charge in [-0.15, -0.1) is 5.10 Å². The predicted molar refractivity (Wildman–Crippen MR) is 109 cm³/mol. The van der Waals surface area contributed by atoms with E-state index in [1.807, 2.05) is 18.2 Å². The summed E-state index contributed by atoms with van der Waals surface area (Å²) >= 11 is 0. The van der Waals surface area contributed by atoms with E-state index in [1.54, 1.807) is 0 Å². The van der Waals surface area contributed by atoms with Crippen LogP contribution in [0.25, 0.3) is 0 Å². The first kappa shape index (κ1) is 18.2. The number of anilines is 2. The van der Waals surface area contributed by atoms with Crippen LogP contribution in [0, 0.1) is 0 Å². The van der Waals surface area contributed by atoms with E-state index in [2.05, 4.69) is 37.4 Å². The molecule has 2 fully saturated rings. The lowest BCUT2D eigenvalue weighted by Gasteiger charge is -2.34. The summed E-state index contributed by atoms with van der Waals surface area (Å²) in [6.07, 6.45) is 2.47. The number of nitrogens with zero attached hydrogens (tertiary/aromatic N) is 4. The van der Waals surface area contributed by atoms with E-state index >= 15 is 0 Å². The van der Waals surface area contributed by atoms with Gasteiger partial charge >= 0.3 is 0 Å². The van der Waals surface area contributed by atoms with Crippen molar-refractivity contribution in [1.29, 1.82) is 0 Å². The highest BCUT2D eigenvalue weighted by atomic mass is 16.6. The van der Waals surface area contributed by atoms with Gasteiger partial charge in [0.1, 0.15) is 13.2 Å². The van der Waals surface area contributed by atoms with Crippen LogP contribution < -0.4 is 19.7 Å². The first-order chi connectivity index (χ1) is 14.2. The SMILES string of the molecule is O=C(CN1CCN(c2ccc(C3CC3)nn2)CC1)Nc1ccc2c(c1)OCCO2. The number of fused-ring (bicyclic) bond motifs is 1. The highest BCUT2D eigenvalue weighted by Crippen LogP contribution is 2.38. The van der Waals surface area contributed by atoms with E-state index in [4.69, 9.17) is 9.47 Å². The van der Waals surface area contributed by atoms with Gasteiger partial charge in [-0.25, -0.2) is 0 Å². The summed E-state index contributed by atoms with van der Waals surface area (Å²) in [6, 6.07) is 9.66. The molecule has 1 aliphatic carbocycles. The molecule has 2 aliphatic heterocycles. The Labute approximate surface area is 169 Å². The van der Waals surface area contributed by atoms with Crippen LogP contribution in [-0.4, -0.2) is 66.9 Å². The standard InChI is InChI=1S/C21H25N5O3/c27-21(22-16-3-5-18-19(13-16)29-12-11-28-18)14-25-7-9-26(10-8-25)20-6-4-17(23-24-20)15-1-2-15/h3-6,13,15H,1-2,7-12,14H2,(H,22,27). The molecule has 2 aromatic rings. The van der Waals surface area contributed by atoms with Gasteiger partial charge in [0.2, 0.25) is 5.91 Å². The third-order valence-corrected chi connectivity index (χ3v) is 5.56. The molecule has 0 atom stereocenters. The fourth-order valence-electron chi connectivity index (χ4n) is 3.76. The zero-order chi connectivity index (χ0) is 19.6. The van der Waals surface area contributed by atoms with Crippen molar-refractivity contribution in [1.82, 2.24) is 15.1 Å². The van der Waals surface area contributed by atoms with E-state index in [0.717, 1.165) is 49.1 Å². The second-order valence-electron chi connectivity index (χ2n) is 7.76. The number of benzene rings is 1. The van der Waals surface area contributed by atoms with Crippen LogP contribution in [0.4, 0.5) is 11.5 Å². The Hall–Kier alpha value is -2.87. The van der Waals surface area contributed by atoms with Gasteiger partial charge in [-0.1, -0.05) is 0 Å². The number of hydrogen-bond donors (Lipinski definition) is 1. The molecule has 8 heteroatoms. The van der Waals surface area contributed by atoms with Gasteiger partial charge in [-0.2, -0.15) is 5.10 Å². The second kappa shape index (κ2) is 7.87. The maximum Gasteiger partial charge on any atom is 0.238 e. The van der Waals surface area contributed by atoms with Crippen LogP contribution in [0.1, 0.15) is 24.5 Å². The summed E-state index contributed by atoms with van der Waals surface area (Å²) in [5.41, 5.74) is 1.84. The summed E-state index contributed by atoms with van der Waals surface area (Å²) in [4.78, 5) is 16.8. The number of nitrogens with one attached hydrogen (secondary N) is 1. The quantitative estimate of drug-likeness (QED) is 0.828. The average molecular weight is 395 g/mol. The lowest BCUT2D eigenvalue weighted by molar-refractivity contribution is -0.117. The van der Waals surface area contributed by atoms with Gasteiger partial charge in [-0.3, -0.25) is 9.69 Å². The maximum absolute atomic E-state index is 12.4.